The zero-order valence-corrected chi connectivity index (χ0v) is 19.7. The van der Waals surface area contributed by atoms with Crippen LogP contribution in [0.3, 0.4) is 0 Å². The predicted molar refractivity (Wildman–Crippen MR) is 134 cm³/mol. The number of benzene rings is 2. The molecule has 1 fully saturated rings. The van der Waals surface area contributed by atoms with E-state index >= 15 is 0 Å². The lowest BCUT2D eigenvalue weighted by Crippen LogP contribution is -2.35. The molecule has 176 valence electrons. The molecule has 1 aliphatic heterocycles. The summed E-state index contributed by atoms with van der Waals surface area (Å²) in [6.45, 7) is 2.06. The van der Waals surface area contributed by atoms with E-state index in [0.29, 0.717) is 54.4 Å². The molecule has 6 rings (SSSR count). The van der Waals surface area contributed by atoms with Gasteiger partial charge in [-0.3, -0.25) is 4.98 Å². The van der Waals surface area contributed by atoms with E-state index in [0.717, 1.165) is 16.8 Å². The first-order chi connectivity index (χ1) is 17.1. The fourth-order valence-corrected chi connectivity index (χ4v) is 6.22. The fraction of sp³-hybridized carbons (Fsp3) is 0.200. The summed E-state index contributed by atoms with van der Waals surface area (Å²) in [5.41, 5.74) is 1.60. The summed E-state index contributed by atoms with van der Waals surface area (Å²) < 4.78 is 30.5. The van der Waals surface area contributed by atoms with Gasteiger partial charge in [0.25, 0.3) is 0 Å². The maximum Gasteiger partial charge on any atom is 0.243 e. The van der Waals surface area contributed by atoms with E-state index in [1.54, 1.807) is 39.4 Å². The van der Waals surface area contributed by atoms with Crippen LogP contribution in [-0.4, -0.2) is 63.7 Å². The van der Waals surface area contributed by atoms with Crippen molar-refractivity contribution in [3.8, 4) is 11.4 Å². The summed E-state index contributed by atoms with van der Waals surface area (Å²) in [4.78, 5) is 6.56. The Morgan fingerprint density at radius 3 is 2.57 bits per heavy atom. The summed E-state index contributed by atoms with van der Waals surface area (Å²) in [5, 5.41) is 14.9. The van der Waals surface area contributed by atoms with Crippen LogP contribution in [0.15, 0.2) is 84.0 Å². The van der Waals surface area contributed by atoms with Crippen molar-refractivity contribution in [2.24, 2.45) is 0 Å². The first kappa shape index (κ1) is 21.6. The number of rotatable bonds is 4. The Morgan fingerprint density at radius 1 is 0.800 bits per heavy atom. The third-order valence-electron chi connectivity index (χ3n) is 6.32. The van der Waals surface area contributed by atoms with Crippen LogP contribution in [-0.2, 0) is 10.0 Å². The highest BCUT2D eigenvalue weighted by Gasteiger charge is 2.29. The zero-order chi connectivity index (χ0) is 23.8. The van der Waals surface area contributed by atoms with E-state index < -0.39 is 10.0 Å². The highest BCUT2D eigenvalue weighted by atomic mass is 32.2. The summed E-state index contributed by atoms with van der Waals surface area (Å²) in [6.07, 6.45) is 4.01. The van der Waals surface area contributed by atoms with Gasteiger partial charge in [-0.1, -0.05) is 42.5 Å². The molecule has 10 heteroatoms. The summed E-state index contributed by atoms with van der Waals surface area (Å²) >= 11 is 0. The molecule has 3 aromatic heterocycles. The van der Waals surface area contributed by atoms with E-state index in [4.69, 9.17) is 5.10 Å². The average molecular weight is 486 g/mol. The predicted octanol–water partition coefficient (Wildman–Crippen LogP) is 3.24. The van der Waals surface area contributed by atoms with Gasteiger partial charge in [-0.15, -0.1) is 15.3 Å². The Balaban J connectivity index is 1.28. The Labute approximate surface area is 202 Å². The Hall–Kier alpha value is -3.89. The van der Waals surface area contributed by atoms with Gasteiger partial charge in [0.15, 0.2) is 11.5 Å². The molecule has 0 radical (unpaired) electrons. The molecule has 1 saturated heterocycles. The maximum absolute atomic E-state index is 13.6. The number of nitrogens with zero attached hydrogens (tertiary/aromatic N) is 7. The molecule has 0 saturated carbocycles. The number of fused-ring (bicyclic) bond motifs is 2. The van der Waals surface area contributed by atoms with Crippen LogP contribution in [0.25, 0.3) is 27.8 Å². The molecule has 0 amide bonds. The van der Waals surface area contributed by atoms with Gasteiger partial charge in [0.1, 0.15) is 5.82 Å². The van der Waals surface area contributed by atoms with E-state index in [2.05, 4.69) is 20.1 Å². The molecule has 0 atom stereocenters. The van der Waals surface area contributed by atoms with E-state index in [1.165, 1.54) is 0 Å². The minimum Gasteiger partial charge on any atom is -0.354 e. The van der Waals surface area contributed by atoms with Crippen molar-refractivity contribution in [2.45, 2.75) is 11.3 Å². The van der Waals surface area contributed by atoms with Crippen molar-refractivity contribution in [3.63, 3.8) is 0 Å². The molecule has 0 spiro atoms. The van der Waals surface area contributed by atoms with Crippen LogP contribution in [0.2, 0.25) is 0 Å². The minimum atomic E-state index is -3.65. The van der Waals surface area contributed by atoms with E-state index in [1.807, 2.05) is 48.5 Å². The van der Waals surface area contributed by atoms with Gasteiger partial charge in [-0.25, -0.2) is 8.42 Å². The lowest BCUT2D eigenvalue weighted by molar-refractivity contribution is 0.433. The minimum absolute atomic E-state index is 0.322. The second-order valence-electron chi connectivity index (χ2n) is 8.45. The number of pyridine rings is 1. The van der Waals surface area contributed by atoms with E-state index in [9.17, 15) is 8.42 Å². The van der Waals surface area contributed by atoms with Gasteiger partial charge in [0, 0.05) is 54.9 Å². The van der Waals surface area contributed by atoms with Crippen LogP contribution in [0.1, 0.15) is 6.42 Å². The first-order valence-electron chi connectivity index (χ1n) is 11.5. The molecule has 35 heavy (non-hydrogen) atoms. The Bertz CT molecular complexity index is 1610. The topological polar surface area (TPSA) is 96.6 Å². The second-order valence-corrected chi connectivity index (χ2v) is 10.4. The molecule has 9 nitrogen and oxygen atoms in total. The number of aromatic nitrogens is 5. The van der Waals surface area contributed by atoms with Crippen molar-refractivity contribution >= 4 is 32.3 Å². The number of hydrogen-bond acceptors (Lipinski definition) is 7. The van der Waals surface area contributed by atoms with Crippen LogP contribution in [0, 0.1) is 0 Å². The first-order valence-corrected chi connectivity index (χ1v) is 12.9. The Morgan fingerprint density at radius 2 is 1.69 bits per heavy atom. The highest BCUT2D eigenvalue weighted by molar-refractivity contribution is 7.89. The van der Waals surface area contributed by atoms with E-state index in [-0.39, 0.29) is 0 Å². The standard InChI is InChI=1S/C25H23N7O2S/c33-35(34,22-9-4-8-20-18-26-13-12-21(20)22)31-15-5-14-30(16-17-31)24-11-10-23-27-28-25(32(23)29-24)19-6-2-1-3-7-19/h1-4,6-13,18H,5,14-17H2. The quantitative estimate of drug-likeness (QED) is 0.386. The van der Waals surface area contributed by atoms with Gasteiger partial charge in [0.2, 0.25) is 10.0 Å². The summed E-state index contributed by atoms with van der Waals surface area (Å²) in [7, 11) is -3.65. The van der Waals surface area contributed by atoms with Gasteiger partial charge in [0.05, 0.1) is 4.90 Å². The highest BCUT2D eigenvalue weighted by Crippen LogP contribution is 2.27. The van der Waals surface area contributed by atoms with Crippen molar-refractivity contribution < 1.29 is 8.42 Å². The molecule has 5 aromatic rings. The third-order valence-corrected chi connectivity index (χ3v) is 8.27. The average Bonchev–Trinajstić information content (AvgIpc) is 3.15. The molecule has 0 N–H and O–H groups in total. The Kier molecular flexibility index (Phi) is 5.39. The van der Waals surface area contributed by atoms with Crippen LogP contribution < -0.4 is 4.90 Å². The lowest BCUT2D eigenvalue weighted by atomic mass is 10.2. The molecule has 4 heterocycles. The van der Waals surface area contributed by atoms with Gasteiger partial charge >= 0.3 is 0 Å². The van der Waals surface area contributed by atoms with Crippen LogP contribution >= 0.6 is 0 Å². The number of sulfonamides is 1. The van der Waals surface area contributed by atoms with Crippen molar-refractivity contribution in [3.05, 3.63) is 79.1 Å². The second kappa shape index (κ2) is 8.71. The molecular weight excluding hydrogens is 462 g/mol. The molecule has 0 bridgehead atoms. The van der Waals surface area contributed by atoms with Crippen molar-refractivity contribution in [1.82, 2.24) is 29.1 Å². The van der Waals surface area contributed by atoms with Crippen LogP contribution in [0.4, 0.5) is 5.82 Å². The molecule has 0 aliphatic carbocycles. The van der Waals surface area contributed by atoms with Crippen molar-refractivity contribution in [2.75, 3.05) is 31.1 Å². The fourth-order valence-electron chi connectivity index (χ4n) is 4.54. The number of hydrogen-bond donors (Lipinski definition) is 0. The summed E-state index contributed by atoms with van der Waals surface area (Å²) in [5.74, 6) is 1.44. The lowest BCUT2D eigenvalue weighted by Gasteiger charge is -2.23. The summed E-state index contributed by atoms with van der Waals surface area (Å²) in [6, 6.07) is 20.7. The smallest absolute Gasteiger partial charge is 0.243 e. The molecular formula is C25H23N7O2S. The largest absolute Gasteiger partial charge is 0.354 e. The van der Waals surface area contributed by atoms with Crippen LogP contribution in [0.5, 0.6) is 0 Å². The van der Waals surface area contributed by atoms with Gasteiger partial charge in [-0.05, 0) is 30.7 Å². The SMILES string of the molecule is O=S(=O)(c1cccc2cnccc12)N1CCCN(c2ccc3nnc(-c4ccccc4)n3n2)CC1. The number of anilines is 1. The maximum atomic E-state index is 13.6. The van der Waals surface area contributed by atoms with Gasteiger partial charge in [-0.2, -0.15) is 8.82 Å². The third kappa shape index (κ3) is 3.90. The van der Waals surface area contributed by atoms with Crippen molar-refractivity contribution in [1.29, 1.82) is 0 Å². The molecule has 2 aromatic carbocycles. The molecule has 1 aliphatic rings. The normalized spacial score (nSPS) is 15.5. The molecule has 0 unspecified atom stereocenters. The van der Waals surface area contributed by atoms with Gasteiger partial charge < -0.3 is 4.90 Å². The zero-order valence-electron chi connectivity index (χ0n) is 18.9. The monoisotopic (exact) mass is 485 g/mol.